The summed E-state index contributed by atoms with van der Waals surface area (Å²) in [5.74, 6) is -0.0626. The van der Waals surface area contributed by atoms with Crippen molar-refractivity contribution in [2.45, 2.75) is 77.2 Å². The lowest BCUT2D eigenvalue weighted by Crippen LogP contribution is -2.33. The molecule has 4 heteroatoms. The molecule has 0 aromatic carbocycles. The minimum Gasteiger partial charge on any atom is -0.394 e. The fourth-order valence-corrected chi connectivity index (χ4v) is 2.48. The molecule has 0 aromatic heterocycles. The van der Waals surface area contributed by atoms with Crippen molar-refractivity contribution < 1.29 is 15.0 Å². The number of rotatable bonds is 18. The molecule has 0 saturated heterocycles. The average Bonchev–Trinajstić information content (AvgIpc) is 2.73. The number of aliphatic hydroxyl groups excluding tert-OH is 2. The number of allylic oxidation sites excluding steroid dienone is 10. The molecule has 29 heavy (non-hydrogen) atoms. The summed E-state index contributed by atoms with van der Waals surface area (Å²) >= 11 is 0. The maximum atomic E-state index is 11.5. The van der Waals surface area contributed by atoms with Crippen molar-refractivity contribution in [2.75, 3.05) is 13.2 Å². The third kappa shape index (κ3) is 22.2. The summed E-state index contributed by atoms with van der Waals surface area (Å²) in [6.45, 7) is 1.94. The van der Waals surface area contributed by atoms with Gasteiger partial charge in [-0.3, -0.25) is 4.79 Å². The summed E-state index contributed by atoms with van der Waals surface area (Å²) in [4.78, 5) is 11.5. The molecule has 1 atom stereocenters. The number of nitrogens with one attached hydrogen (secondary N) is 1. The van der Waals surface area contributed by atoms with E-state index in [-0.39, 0.29) is 19.1 Å². The van der Waals surface area contributed by atoms with Crippen LogP contribution in [0.15, 0.2) is 60.8 Å². The lowest BCUT2D eigenvalue weighted by Gasteiger charge is -2.08. The van der Waals surface area contributed by atoms with Crippen LogP contribution in [0.25, 0.3) is 0 Å². The van der Waals surface area contributed by atoms with Crippen LogP contribution in [0, 0.1) is 0 Å². The molecule has 0 aliphatic rings. The number of carbonyl (C=O) groups is 1. The predicted octanol–water partition coefficient (Wildman–Crippen LogP) is 5.16. The fraction of sp³-hybridized carbons (Fsp3) is 0.560. The van der Waals surface area contributed by atoms with Crippen LogP contribution in [0.5, 0.6) is 0 Å². The van der Waals surface area contributed by atoms with Crippen LogP contribution in [-0.4, -0.2) is 35.4 Å². The van der Waals surface area contributed by atoms with E-state index in [4.69, 9.17) is 10.2 Å². The highest BCUT2D eigenvalue weighted by Crippen LogP contribution is 2.04. The highest BCUT2D eigenvalue weighted by Gasteiger charge is 2.04. The minimum atomic E-state index is -0.866. The first-order valence-electron chi connectivity index (χ1n) is 11.0. The molecule has 164 valence electrons. The first-order valence-corrected chi connectivity index (χ1v) is 11.0. The van der Waals surface area contributed by atoms with Gasteiger partial charge in [-0.2, -0.15) is 0 Å². The zero-order valence-corrected chi connectivity index (χ0v) is 18.1. The van der Waals surface area contributed by atoms with Crippen LogP contribution in [-0.2, 0) is 4.79 Å². The lowest BCUT2D eigenvalue weighted by molar-refractivity contribution is -0.121. The highest BCUT2D eigenvalue weighted by atomic mass is 16.3. The topological polar surface area (TPSA) is 69.6 Å². The van der Waals surface area contributed by atoms with Crippen molar-refractivity contribution in [3.8, 4) is 0 Å². The van der Waals surface area contributed by atoms with Gasteiger partial charge >= 0.3 is 0 Å². The number of hydrogen-bond acceptors (Lipinski definition) is 3. The Hall–Kier alpha value is -1.91. The number of carbonyl (C=O) groups excluding carboxylic acids is 1. The van der Waals surface area contributed by atoms with Crippen molar-refractivity contribution in [1.82, 2.24) is 5.32 Å². The second-order valence-corrected chi connectivity index (χ2v) is 6.95. The Balaban J connectivity index is 3.47. The van der Waals surface area contributed by atoms with Crippen LogP contribution in [0.4, 0.5) is 0 Å². The normalized spacial score (nSPS) is 13.6. The molecule has 0 saturated carbocycles. The molecule has 4 nitrogen and oxygen atoms in total. The number of amides is 1. The summed E-state index contributed by atoms with van der Waals surface area (Å²) in [5, 5.41) is 20.4. The minimum absolute atomic E-state index is 0.0626. The summed E-state index contributed by atoms with van der Waals surface area (Å²) in [6.07, 6.45) is 30.7. The van der Waals surface area contributed by atoms with Gasteiger partial charge in [0.05, 0.1) is 12.7 Å². The molecular formula is C25H41NO3. The van der Waals surface area contributed by atoms with Crippen LogP contribution in [0.2, 0.25) is 0 Å². The van der Waals surface area contributed by atoms with Gasteiger partial charge in [0.1, 0.15) is 0 Å². The van der Waals surface area contributed by atoms with Crippen molar-refractivity contribution in [3.63, 3.8) is 0 Å². The average molecular weight is 404 g/mol. The maximum absolute atomic E-state index is 11.5. The van der Waals surface area contributed by atoms with Crippen molar-refractivity contribution in [2.24, 2.45) is 0 Å². The summed E-state index contributed by atoms with van der Waals surface area (Å²) in [6, 6.07) is 0. The summed E-state index contributed by atoms with van der Waals surface area (Å²) in [5.41, 5.74) is 0. The smallest absolute Gasteiger partial charge is 0.220 e. The zero-order valence-electron chi connectivity index (χ0n) is 18.1. The molecule has 0 unspecified atom stereocenters. The van der Waals surface area contributed by atoms with E-state index in [1.54, 1.807) is 0 Å². The first-order chi connectivity index (χ1) is 14.2. The molecule has 3 N–H and O–H groups in total. The summed E-state index contributed by atoms with van der Waals surface area (Å²) in [7, 11) is 0. The van der Waals surface area contributed by atoms with E-state index in [9.17, 15) is 4.79 Å². The maximum Gasteiger partial charge on any atom is 0.220 e. The van der Waals surface area contributed by atoms with Crippen LogP contribution < -0.4 is 5.32 Å². The molecule has 0 fully saturated rings. The standard InChI is InChI=1S/C25H41NO3/c1-2-3-4-5-6-7-8-9-10-11-12-13-14-15-16-17-18-19-20-21-25(29)26-22-24(28)23-27/h3-4,6-7,9-10,12-13,15-16,24,27-28H,2,5,8,11,14,17-23H2,1H3,(H,26,29)/b4-3-,7-6-,10-9-,13-12-,16-15-/t24-/m1/s1. The van der Waals surface area contributed by atoms with Gasteiger partial charge in [-0.1, -0.05) is 74.1 Å². The summed E-state index contributed by atoms with van der Waals surface area (Å²) < 4.78 is 0. The highest BCUT2D eigenvalue weighted by molar-refractivity contribution is 5.75. The van der Waals surface area contributed by atoms with Crippen LogP contribution in [0.1, 0.15) is 71.1 Å². The van der Waals surface area contributed by atoms with Gasteiger partial charge in [0.15, 0.2) is 0 Å². The molecule has 0 spiro atoms. The Morgan fingerprint density at radius 2 is 1.31 bits per heavy atom. The number of aliphatic hydroxyl groups is 2. The van der Waals surface area contributed by atoms with Gasteiger partial charge in [0, 0.05) is 13.0 Å². The van der Waals surface area contributed by atoms with Gasteiger partial charge in [-0.15, -0.1) is 0 Å². The van der Waals surface area contributed by atoms with E-state index in [1.165, 1.54) is 0 Å². The molecule has 0 aromatic rings. The molecule has 0 bridgehead atoms. The van der Waals surface area contributed by atoms with E-state index in [0.29, 0.717) is 6.42 Å². The SMILES string of the molecule is CC/C=C\C/C=C\C/C=C\C/C=C\C/C=C\CCCCCC(=O)NC[C@@H](O)CO. The quantitative estimate of drug-likeness (QED) is 0.219. The van der Waals surface area contributed by atoms with E-state index >= 15 is 0 Å². The molecule has 0 aliphatic carbocycles. The van der Waals surface area contributed by atoms with E-state index in [2.05, 4.69) is 73.0 Å². The van der Waals surface area contributed by atoms with E-state index in [1.807, 2.05) is 0 Å². The van der Waals surface area contributed by atoms with Crippen molar-refractivity contribution in [3.05, 3.63) is 60.8 Å². The predicted molar refractivity (Wildman–Crippen MR) is 124 cm³/mol. The Morgan fingerprint density at radius 1 is 0.793 bits per heavy atom. The van der Waals surface area contributed by atoms with E-state index in [0.717, 1.165) is 57.8 Å². The molecule has 0 heterocycles. The fourth-order valence-electron chi connectivity index (χ4n) is 2.48. The first kappa shape index (κ1) is 27.1. The molecule has 0 radical (unpaired) electrons. The second-order valence-electron chi connectivity index (χ2n) is 6.95. The molecule has 0 aliphatic heterocycles. The second kappa shape index (κ2) is 22.4. The number of hydrogen-bond donors (Lipinski definition) is 3. The third-order valence-corrected chi connectivity index (χ3v) is 4.18. The van der Waals surface area contributed by atoms with Gasteiger partial charge in [0.25, 0.3) is 0 Å². The molecular weight excluding hydrogens is 362 g/mol. The van der Waals surface area contributed by atoms with Gasteiger partial charge in [-0.05, 0) is 51.4 Å². The van der Waals surface area contributed by atoms with Crippen LogP contribution >= 0.6 is 0 Å². The largest absolute Gasteiger partial charge is 0.394 e. The van der Waals surface area contributed by atoms with Crippen molar-refractivity contribution in [1.29, 1.82) is 0 Å². The van der Waals surface area contributed by atoms with E-state index < -0.39 is 6.10 Å². The third-order valence-electron chi connectivity index (χ3n) is 4.18. The monoisotopic (exact) mass is 403 g/mol. The number of unbranched alkanes of at least 4 members (excludes halogenated alkanes) is 3. The Labute approximate surface area is 177 Å². The Morgan fingerprint density at radius 3 is 1.83 bits per heavy atom. The molecule has 1 amide bonds. The van der Waals surface area contributed by atoms with Crippen LogP contribution in [0.3, 0.4) is 0 Å². The zero-order chi connectivity index (χ0) is 21.4. The van der Waals surface area contributed by atoms with Gasteiger partial charge < -0.3 is 15.5 Å². The van der Waals surface area contributed by atoms with Crippen molar-refractivity contribution >= 4 is 5.91 Å². The lowest BCUT2D eigenvalue weighted by atomic mass is 10.1. The van der Waals surface area contributed by atoms with Gasteiger partial charge in [0.2, 0.25) is 5.91 Å². The Kier molecular flexibility index (Phi) is 20.9. The Bertz CT molecular complexity index is 518. The van der Waals surface area contributed by atoms with Gasteiger partial charge in [-0.25, -0.2) is 0 Å². The molecule has 0 rings (SSSR count).